The molecule has 1 amide bonds. The highest BCUT2D eigenvalue weighted by Crippen LogP contribution is 2.27. The van der Waals surface area contributed by atoms with E-state index in [2.05, 4.69) is 52.4 Å². The molecule has 24 heavy (non-hydrogen) atoms. The largest absolute Gasteiger partial charge is 0.483 e. The molecule has 2 rings (SSSR count). The standard InChI is InChI=1S/C18H18BrClN2O2/c1-12(2)14-5-3-13(4-6-14)10-21-22-18(23)11-24-17-8-7-15(20)9-16(17)19/h3-10,12H,11H2,1-2H3,(H,22,23). The Bertz CT molecular complexity index is 730. The minimum atomic E-state index is -0.341. The summed E-state index contributed by atoms with van der Waals surface area (Å²) < 4.78 is 6.10. The molecule has 0 fully saturated rings. The van der Waals surface area contributed by atoms with Crippen LogP contribution in [0.25, 0.3) is 0 Å². The van der Waals surface area contributed by atoms with Gasteiger partial charge in [0.2, 0.25) is 0 Å². The molecule has 2 aromatic carbocycles. The predicted octanol–water partition coefficient (Wildman–Crippen LogP) is 4.76. The summed E-state index contributed by atoms with van der Waals surface area (Å²) in [6, 6.07) is 13.1. The van der Waals surface area contributed by atoms with E-state index in [1.54, 1.807) is 24.4 Å². The Morgan fingerprint density at radius 2 is 2.00 bits per heavy atom. The van der Waals surface area contributed by atoms with Gasteiger partial charge in [0, 0.05) is 5.02 Å². The van der Waals surface area contributed by atoms with Crippen LogP contribution in [0.5, 0.6) is 5.75 Å². The number of carbonyl (C=O) groups excluding carboxylic acids is 1. The normalized spacial score (nSPS) is 11.0. The third-order valence-corrected chi connectivity index (χ3v) is 4.11. The summed E-state index contributed by atoms with van der Waals surface area (Å²) >= 11 is 9.17. The smallest absolute Gasteiger partial charge is 0.277 e. The van der Waals surface area contributed by atoms with Crippen molar-refractivity contribution in [3.8, 4) is 5.75 Å². The third-order valence-electron chi connectivity index (χ3n) is 3.26. The number of hydrogen-bond acceptors (Lipinski definition) is 3. The van der Waals surface area contributed by atoms with E-state index in [0.29, 0.717) is 21.2 Å². The Labute approximate surface area is 155 Å². The Hall–Kier alpha value is -1.85. The van der Waals surface area contributed by atoms with Crippen LogP contribution < -0.4 is 10.2 Å². The summed E-state index contributed by atoms with van der Waals surface area (Å²) in [6.45, 7) is 4.15. The van der Waals surface area contributed by atoms with Crippen LogP contribution in [0, 0.1) is 0 Å². The molecule has 126 valence electrons. The van der Waals surface area contributed by atoms with E-state index in [1.807, 2.05) is 12.1 Å². The van der Waals surface area contributed by atoms with Gasteiger partial charge < -0.3 is 4.74 Å². The fraction of sp³-hybridized carbons (Fsp3) is 0.222. The second kappa shape index (κ2) is 8.85. The van der Waals surface area contributed by atoms with Gasteiger partial charge in [0.05, 0.1) is 10.7 Å². The summed E-state index contributed by atoms with van der Waals surface area (Å²) in [5, 5.41) is 4.52. The van der Waals surface area contributed by atoms with Gasteiger partial charge >= 0.3 is 0 Å². The molecule has 6 heteroatoms. The van der Waals surface area contributed by atoms with Gasteiger partial charge in [-0.3, -0.25) is 4.79 Å². The molecule has 0 radical (unpaired) electrons. The topological polar surface area (TPSA) is 50.7 Å². The Kier molecular flexibility index (Phi) is 6.82. The van der Waals surface area contributed by atoms with Crippen molar-refractivity contribution in [2.45, 2.75) is 19.8 Å². The first kappa shape index (κ1) is 18.5. The van der Waals surface area contributed by atoms with Gasteiger partial charge in [0.1, 0.15) is 5.75 Å². The lowest BCUT2D eigenvalue weighted by Crippen LogP contribution is -2.24. The van der Waals surface area contributed by atoms with Gasteiger partial charge in [-0.05, 0) is 51.2 Å². The maximum absolute atomic E-state index is 11.7. The molecular weight excluding hydrogens is 392 g/mol. The van der Waals surface area contributed by atoms with E-state index in [0.717, 1.165) is 5.56 Å². The van der Waals surface area contributed by atoms with Gasteiger partial charge in [-0.15, -0.1) is 0 Å². The number of benzene rings is 2. The zero-order chi connectivity index (χ0) is 17.5. The molecule has 0 aromatic heterocycles. The molecule has 1 N–H and O–H groups in total. The fourth-order valence-corrected chi connectivity index (χ4v) is 2.71. The Balaban J connectivity index is 1.82. The molecule has 0 aliphatic rings. The van der Waals surface area contributed by atoms with Gasteiger partial charge in [-0.2, -0.15) is 5.10 Å². The molecule has 0 aliphatic carbocycles. The predicted molar refractivity (Wildman–Crippen MR) is 101 cm³/mol. The molecule has 2 aromatic rings. The maximum Gasteiger partial charge on any atom is 0.277 e. The molecule has 0 unspecified atom stereocenters. The first-order valence-electron chi connectivity index (χ1n) is 7.45. The highest BCUT2D eigenvalue weighted by molar-refractivity contribution is 9.10. The fourth-order valence-electron chi connectivity index (χ4n) is 1.91. The van der Waals surface area contributed by atoms with Crippen molar-refractivity contribution in [2.24, 2.45) is 5.10 Å². The highest BCUT2D eigenvalue weighted by atomic mass is 79.9. The monoisotopic (exact) mass is 408 g/mol. The van der Waals surface area contributed by atoms with E-state index in [9.17, 15) is 4.79 Å². The van der Waals surface area contributed by atoms with Crippen LogP contribution in [0.4, 0.5) is 0 Å². The number of carbonyl (C=O) groups is 1. The van der Waals surface area contributed by atoms with Gasteiger partial charge in [-0.25, -0.2) is 5.43 Å². The van der Waals surface area contributed by atoms with Crippen molar-refractivity contribution in [1.82, 2.24) is 5.43 Å². The summed E-state index contributed by atoms with van der Waals surface area (Å²) in [5.74, 6) is 0.690. The summed E-state index contributed by atoms with van der Waals surface area (Å²) in [4.78, 5) is 11.7. The molecule has 0 atom stereocenters. The minimum Gasteiger partial charge on any atom is -0.483 e. The van der Waals surface area contributed by atoms with Crippen molar-refractivity contribution in [1.29, 1.82) is 0 Å². The second-order valence-electron chi connectivity index (χ2n) is 5.48. The van der Waals surface area contributed by atoms with E-state index in [-0.39, 0.29) is 12.5 Å². The number of hydrazone groups is 1. The number of rotatable bonds is 6. The van der Waals surface area contributed by atoms with Crippen LogP contribution in [0.15, 0.2) is 52.0 Å². The molecule has 0 spiro atoms. The van der Waals surface area contributed by atoms with Crippen molar-refractivity contribution in [3.05, 3.63) is 63.1 Å². The van der Waals surface area contributed by atoms with Crippen molar-refractivity contribution < 1.29 is 9.53 Å². The summed E-state index contributed by atoms with van der Waals surface area (Å²) in [5.41, 5.74) is 4.61. The lowest BCUT2D eigenvalue weighted by molar-refractivity contribution is -0.123. The zero-order valence-electron chi connectivity index (χ0n) is 13.4. The first-order chi connectivity index (χ1) is 11.5. The molecule has 0 saturated carbocycles. The van der Waals surface area contributed by atoms with Crippen LogP contribution >= 0.6 is 27.5 Å². The van der Waals surface area contributed by atoms with Crippen LogP contribution in [0.3, 0.4) is 0 Å². The Morgan fingerprint density at radius 3 is 2.62 bits per heavy atom. The molecule has 0 bridgehead atoms. The minimum absolute atomic E-state index is 0.135. The quantitative estimate of drug-likeness (QED) is 0.552. The van der Waals surface area contributed by atoms with Crippen LogP contribution in [-0.4, -0.2) is 18.7 Å². The van der Waals surface area contributed by atoms with E-state index in [1.165, 1.54) is 5.56 Å². The summed E-state index contributed by atoms with van der Waals surface area (Å²) in [6.07, 6.45) is 1.60. The number of nitrogens with one attached hydrogen (secondary N) is 1. The van der Waals surface area contributed by atoms with Crippen LogP contribution in [0.1, 0.15) is 30.9 Å². The number of ether oxygens (including phenoxy) is 1. The number of amides is 1. The average Bonchev–Trinajstić information content (AvgIpc) is 2.54. The van der Waals surface area contributed by atoms with Gasteiger partial charge in [0.25, 0.3) is 5.91 Å². The highest BCUT2D eigenvalue weighted by Gasteiger charge is 2.05. The molecule has 4 nitrogen and oxygen atoms in total. The SMILES string of the molecule is CC(C)c1ccc(C=NNC(=O)COc2ccc(Cl)cc2Br)cc1. The van der Waals surface area contributed by atoms with Crippen molar-refractivity contribution >= 4 is 39.7 Å². The second-order valence-corrected chi connectivity index (χ2v) is 6.77. The third kappa shape index (κ3) is 5.65. The number of hydrogen-bond donors (Lipinski definition) is 1. The van der Waals surface area contributed by atoms with E-state index < -0.39 is 0 Å². The number of nitrogens with zero attached hydrogens (tertiary/aromatic N) is 1. The summed E-state index contributed by atoms with van der Waals surface area (Å²) in [7, 11) is 0. The van der Waals surface area contributed by atoms with Gasteiger partial charge in [0.15, 0.2) is 6.61 Å². The van der Waals surface area contributed by atoms with Gasteiger partial charge in [-0.1, -0.05) is 49.7 Å². The van der Waals surface area contributed by atoms with Crippen LogP contribution in [0.2, 0.25) is 5.02 Å². The lowest BCUT2D eigenvalue weighted by Gasteiger charge is -2.07. The molecular formula is C18H18BrClN2O2. The van der Waals surface area contributed by atoms with E-state index in [4.69, 9.17) is 16.3 Å². The number of halogens is 2. The van der Waals surface area contributed by atoms with E-state index >= 15 is 0 Å². The first-order valence-corrected chi connectivity index (χ1v) is 8.62. The molecule has 0 heterocycles. The molecule has 0 saturated heterocycles. The maximum atomic E-state index is 11.7. The van der Waals surface area contributed by atoms with Crippen molar-refractivity contribution in [3.63, 3.8) is 0 Å². The zero-order valence-corrected chi connectivity index (χ0v) is 15.8. The van der Waals surface area contributed by atoms with Crippen molar-refractivity contribution in [2.75, 3.05) is 6.61 Å². The molecule has 0 aliphatic heterocycles. The lowest BCUT2D eigenvalue weighted by atomic mass is 10.0. The van der Waals surface area contributed by atoms with Crippen LogP contribution in [-0.2, 0) is 4.79 Å². The average molecular weight is 410 g/mol. The Morgan fingerprint density at radius 1 is 1.29 bits per heavy atom.